The molecule has 0 amide bonds. The smallest absolute Gasteiger partial charge is 0.857 e. The van der Waals surface area contributed by atoms with Gasteiger partial charge in [-0.3, -0.25) is 0 Å². The Morgan fingerprint density at radius 3 is 1.00 bits per heavy atom. The van der Waals surface area contributed by atoms with E-state index in [9.17, 15) is 5.11 Å². The van der Waals surface area contributed by atoms with E-state index in [4.69, 9.17) is 5.11 Å². The van der Waals surface area contributed by atoms with Gasteiger partial charge in [0.05, 0.1) is 0 Å². The van der Waals surface area contributed by atoms with Crippen molar-refractivity contribution in [1.29, 1.82) is 0 Å². The van der Waals surface area contributed by atoms with Crippen LogP contribution in [0, 0.1) is 0 Å². The summed E-state index contributed by atoms with van der Waals surface area (Å²) < 4.78 is 0. The molecule has 0 aromatic rings. The van der Waals surface area contributed by atoms with E-state index < -0.39 is 5.60 Å². The van der Waals surface area contributed by atoms with Gasteiger partial charge in [0, 0.05) is 0 Å². The van der Waals surface area contributed by atoms with Crippen LogP contribution in [0.15, 0.2) is 0 Å². The van der Waals surface area contributed by atoms with E-state index in [1.54, 1.807) is 20.8 Å². The quantitative estimate of drug-likeness (QED) is 0.309. The van der Waals surface area contributed by atoms with Gasteiger partial charge in [0.2, 0.25) is 0 Å². The van der Waals surface area contributed by atoms with Gasteiger partial charge in [-0.25, -0.2) is 0 Å². The van der Waals surface area contributed by atoms with Gasteiger partial charge in [0.25, 0.3) is 0 Å². The molecule has 0 aliphatic carbocycles. The standard InChI is InChI=1S/C4H9O.CH3O.Li.Na/c1-4(2,3)5;1-2;;/h1-3H3;1H3;;/q2*-1;2*+1. The Morgan fingerprint density at radius 2 is 1.00 bits per heavy atom. The molecule has 0 aliphatic heterocycles. The van der Waals surface area contributed by atoms with E-state index in [0.29, 0.717) is 0 Å². The molecule has 0 aromatic carbocycles. The predicted molar refractivity (Wildman–Crippen MR) is 25.7 cm³/mol. The summed E-state index contributed by atoms with van der Waals surface area (Å²) in [5.41, 5.74) is -0.750. The van der Waals surface area contributed by atoms with Crippen LogP contribution in [-0.2, 0) is 0 Å². The minimum Gasteiger partial charge on any atom is -0.857 e. The molecule has 0 fully saturated rings. The first-order valence-corrected chi connectivity index (χ1v) is 2.11. The summed E-state index contributed by atoms with van der Waals surface area (Å²) >= 11 is 0. The molecule has 0 saturated heterocycles. The van der Waals surface area contributed by atoms with Crippen LogP contribution in [0.3, 0.4) is 0 Å². The van der Waals surface area contributed by atoms with Gasteiger partial charge in [-0.05, 0) is 0 Å². The van der Waals surface area contributed by atoms with Gasteiger partial charge < -0.3 is 10.2 Å². The van der Waals surface area contributed by atoms with Crippen molar-refractivity contribution in [1.82, 2.24) is 0 Å². The first-order valence-electron chi connectivity index (χ1n) is 2.11. The van der Waals surface area contributed by atoms with Crippen molar-refractivity contribution in [2.45, 2.75) is 26.4 Å². The SMILES string of the molecule is CC(C)(C)[O-].C[O-].[Li+].[Na+]. The van der Waals surface area contributed by atoms with E-state index in [-0.39, 0.29) is 48.4 Å². The average molecular weight is 134 g/mol. The molecule has 9 heavy (non-hydrogen) atoms. The van der Waals surface area contributed by atoms with Crippen molar-refractivity contribution in [2.75, 3.05) is 7.11 Å². The topological polar surface area (TPSA) is 46.1 Å². The van der Waals surface area contributed by atoms with Crippen LogP contribution < -0.4 is 58.6 Å². The second kappa shape index (κ2) is 12.2. The van der Waals surface area contributed by atoms with Crippen molar-refractivity contribution in [3.63, 3.8) is 0 Å². The Labute approximate surface area is 91.5 Å². The Balaban J connectivity index is -0.0000000286. The van der Waals surface area contributed by atoms with Gasteiger partial charge in [-0.15, -0.1) is 5.60 Å². The molecule has 0 rings (SSSR count). The summed E-state index contributed by atoms with van der Waals surface area (Å²) in [6.07, 6.45) is 0. The van der Waals surface area contributed by atoms with E-state index in [1.807, 2.05) is 0 Å². The van der Waals surface area contributed by atoms with Crippen LogP contribution >= 0.6 is 0 Å². The molecule has 0 radical (unpaired) electrons. The number of rotatable bonds is 0. The Hall–Kier alpha value is 1.52. The maximum Gasteiger partial charge on any atom is 1.00 e. The fraction of sp³-hybridized carbons (Fsp3) is 1.00. The number of hydrogen-bond acceptors (Lipinski definition) is 2. The molecule has 0 heterocycles. The Morgan fingerprint density at radius 1 is 1.00 bits per heavy atom. The zero-order valence-electron chi connectivity index (χ0n) is 7.32. The predicted octanol–water partition coefficient (Wildman–Crippen LogP) is -6.87. The molecule has 0 N–H and O–H groups in total. The number of hydrogen-bond donors (Lipinski definition) is 0. The molecular formula is C5H12LiNaO2. The summed E-state index contributed by atoms with van der Waals surface area (Å²) in [5.74, 6) is 0. The van der Waals surface area contributed by atoms with Crippen molar-refractivity contribution in [3.05, 3.63) is 0 Å². The van der Waals surface area contributed by atoms with Gasteiger partial charge in [-0.2, -0.15) is 7.11 Å². The zero-order valence-corrected chi connectivity index (χ0v) is 9.32. The molecule has 0 aromatic heterocycles. The molecule has 46 valence electrons. The summed E-state index contributed by atoms with van der Waals surface area (Å²) in [6, 6.07) is 0. The average Bonchev–Trinajstić information content (AvgIpc) is 1.36. The summed E-state index contributed by atoms with van der Waals surface area (Å²) in [5, 5.41) is 18.4. The first kappa shape index (κ1) is 22.4. The minimum atomic E-state index is -0.750. The van der Waals surface area contributed by atoms with Gasteiger partial charge in [0.1, 0.15) is 0 Å². The van der Waals surface area contributed by atoms with Crippen molar-refractivity contribution < 1.29 is 58.6 Å². The maximum atomic E-state index is 10.1. The maximum absolute atomic E-state index is 10.1. The van der Waals surface area contributed by atoms with E-state index >= 15 is 0 Å². The third kappa shape index (κ3) is 234. The van der Waals surface area contributed by atoms with Crippen molar-refractivity contribution >= 4 is 0 Å². The normalized spacial score (nSPS) is 7.33. The van der Waals surface area contributed by atoms with Crippen LogP contribution in [0.2, 0.25) is 0 Å². The fourth-order valence-corrected chi connectivity index (χ4v) is 0. The molecule has 0 bridgehead atoms. The fourth-order valence-electron chi connectivity index (χ4n) is 0. The minimum absolute atomic E-state index is 0. The van der Waals surface area contributed by atoms with Gasteiger partial charge >= 0.3 is 48.4 Å². The monoisotopic (exact) mass is 134 g/mol. The molecule has 4 heteroatoms. The van der Waals surface area contributed by atoms with Crippen LogP contribution in [0.1, 0.15) is 20.8 Å². The molecule has 0 atom stereocenters. The van der Waals surface area contributed by atoms with Crippen molar-refractivity contribution in [3.8, 4) is 0 Å². The Bertz CT molecular complexity index is 30.4. The van der Waals surface area contributed by atoms with Crippen LogP contribution in [0.5, 0.6) is 0 Å². The molecular weight excluding hydrogens is 122 g/mol. The zero-order chi connectivity index (χ0) is 6.50. The second-order valence-electron chi connectivity index (χ2n) is 2.11. The van der Waals surface area contributed by atoms with E-state index in [0.717, 1.165) is 7.11 Å². The van der Waals surface area contributed by atoms with E-state index in [2.05, 4.69) is 0 Å². The van der Waals surface area contributed by atoms with Gasteiger partial charge in [-0.1, -0.05) is 20.8 Å². The molecule has 0 aliphatic rings. The van der Waals surface area contributed by atoms with Crippen LogP contribution in [0.25, 0.3) is 0 Å². The van der Waals surface area contributed by atoms with Crippen LogP contribution in [-0.4, -0.2) is 12.7 Å². The summed E-state index contributed by atoms with van der Waals surface area (Å²) in [6.45, 7) is 4.90. The molecule has 0 saturated carbocycles. The molecule has 0 spiro atoms. The Kier molecular flexibility index (Phi) is 30.4. The second-order valence-corrected chi connectivity index (χ2v) is 2.11. The van der Waals surface area contributed by atoms with Crippen molar-refractivity contribution in [2.24, 2.45) is 0 Å². The third-order valence-electron chi connectivity index (χ3n) is 0. The molecule has 0 unspecified atom stereocenters. The first-order chi connectivity index (χ1) is 3.00. The van der Waals surface area contributed by atoms with Crippen LogP contribution in [0.4, 0.5) is 0 Å². The molecule has 2 nitrogen and oxygen atoms in total. The summed E-state index contributed by atoms with van der Waals surface area (Å²) in [7, 11) is 0.750. The largest absolute Gasteiger partial charge is 1.00 e. The van der Waals surface area contributed by atoms with Gasteiger partial charge in [0.15, 0.2) is 0 Å². The third-order valence-corrected chi connectivity index (χ3v) is 0. The van der Waals surface area contributed by atoms with E-state index in [1.165, 1.54) is 0 Å². The summed E-state index contributed by atoms with van der Waals surface area (Å²) in [4.78, 5) is 0.